The number of ether oxygens (including phenoxy) is 1. The zero-order valence-corrected chi connectivity index (χ0v) is 17.9. The van der Waals surface area contributed by atoms with Crippen molar-refractivity contribution >= 4 is 24.9 Å². The van der Waals surface area contributed by atoms with Crippen LogP contribution in [0.4, 0.5) is 19.1 Å². The maximum absolute atomic E-state index is 15.1. The molecule has 4 heterocycles. The molecule has 2 aliphatic rings. The van der Waals surface area contributed by atoms with E-state index in [4.69, 9.17) is 24.0 Å². The fourth-order valence-electron chi connectivity index (χ4n) is 3.74. The van der Waals surface area contributed by atoms with Gasteiger partial charge >= 0.3 is 7.82 Å². The Bertz CT molecular complexity index is 1350. The number of hydrogen-bond acceptors (Lipinski definition) is 10. The smallest absolute Gasteiger partial charge is 0.404 e. The number of para-hydroxylation sites is 1. The Labute approximate surface area is 188 Å². The summed E-state index contributed by atoms with van der Waals surface area (Å²) in [6.45, 7) is -1.43. The maximum atomic E-state index is 15.1. The fraction of sp³-hybridized carbons (Fsp3) is 0.389. The van der Waals surface area contributed by atoms with Crippen molar-refractivity contribution in [1.82, 2.24) is 19.5 Å². The van der Waals surface area contributed by atoms with Gasteiger partial charge in [-0.2, -0.15) is 4.98 Å². The number of imidazole rings is 1. The van der Waals surface area contributed by atoms with E-state index >= 15 is 4.39 Å². The van der Waals surface area contributed by atoms with Gasteiger partial charge in [-0.1, -0.05) is 18.2 Å². The van der Waals surface area contributed by atoms with Crippen LogP contribution in [0, 0.1) is 0 Å². The molecule has 1 fully saturated rings. The van der Waals surface area contributed by atoms with E-state index in [9.17, 15) is 23.2 Å². The predicted molar refractivity (Wildman–Crippen MR) is 108 cm³/mol. The monoisotopic (exact) mass is 503 g/mol. The Hall–Kier alpha value is -2.97. The molecule has 12 nitrogen and oxygen atoms in total. The number of anilines is 1. The number of halogens is 3. The molecule has 0 saturated carbocycles. The third-order valence-electron chi connectivity index (χ3n) is 5.52. The molecule has 4 N–H and O–H groups in total. The molecule has 5 rings (SSSR count). The van der Waals surface area contributed by atoms with E-state index in [1.54, 1.807) is 18.2 Å². The Morgan fingerprint density at radius 1 is 1.41 bits per heavy atom. The van der Waals surface area contributed by atoms with E-state index in [2.05, 4.69) is 15.0 Å². The molecule has 34 heavy (non-hydrogen) atoms. The van der Waals surface area contributed by atoms with Gasteiger partial charge < -0.3 is 20.1 Å². The Morgan fingerprint density at radius 2 is 2.18 bits per heavy atom. The van der Waals surface area contributed by atoms with Crippen LogP contribution in [0.1, 0.15) is 11.8 Å². The molecular weight excluding hydrogens is 486 g/mol. The normalized spacial score (nSPS) is 31.0. The number of aromatic amines is 1. The van der Waals surface area contributed by atoms with Gasteiger partial charge in [-0.05, 0) is 6.07 Å². The van der Waals surface area contributed by atoms with Crippen molar-refractivity contribution in [2.75, 3.05) is 12.3 Å². The highest BCUT2D eigenvalue weighted by Crippen LogP contribution is 2.56. The second-order valence-electron chi connectivity index (χ2n) is 7.62. The number of phosphoric acid groups is 1. The summed E-state index contributed by atoms with van der Waals surface area (Å²) < 4.78 is 77.8. The lowest BCUT2D eigenvalue weighted by Gasteiger charge is -2.32. The highest BCUT2D eigenvalue weighted by Gasteiger charge is 2.62. The van der Waals surface area contributed by atoms with Gasteiger partial charge in [0.1, 0.15) is 11.9 Å². The first-order valence-corrected chi connectivity index (χ1v) is 11.3. The first-order valence-electron chi connectivity index (χ1n) is 9.80. The fourth-order valence-corrected chi connectivity index (χ4v) is 4.99. The number of nitrogens with two attached hydrogens (primary N) is 1. The third kappa shape index (κ3) is 3.56. The van der Waals surface area contributed by atoms with Gasteiger partial charge in [0.05, 0.1) is 19.5 Å². The number of hydrogen-bond donors (Lipinski definition) is 3. The minimum atomic E-state index is -4.40. The van der Waals surface area contributed by atoms with Crippen LogP contribution in [0.2, 0.25) is 0 Å². The number of aliphatic hydroxyl groups excluding tert-OH is 1. The van der Waals surface area contributed by atoms with Gasteiger partial charge in [-0.15, -0.1) is 0 Å². The number of benzene rings is 1. The molecule has 0 bridgehead atoms. The number of aromatic nitrogens is 4. The second kappa shape index (κ2) is 8.06. The van der Waals surface area contributed by atoms with Crippen LogP contribution < -0.4 is 15.8 Å². The molecule has 2 aliphatic heterocycles. The molecular formula is C18H17F3N5O7P. The summed E-state index contributed by atoms with van der Waals surface area (Å²) in [6, 6.07) is 6.41. The third-order valence-corrected chi connectivity index (χ3v) is 6.83. The zero-order chi connectivity index (χ0) is 24.3. The topological polar surface area (TPSA) is 164 Å². The van der Waals surface area contributed by atoms with Crippen molar-refractivity contribution in [1.29, 1.82) is 0 Å². The number of phosphoric ester groups is 1. The highest BCUT2D eigenvalue weighted by atomic mass is 31.2. The van der Waals surface area contributed by atoms with E-state index in [1.165, 1.54) is 6.07 Å². The Kier molecular flexibility index (Phi) is 5.41. The molecule has 1 unspecified atom stereocenters. The number of nitrogens with one attached hydrogen (secondary N) is 1. The quantitative estimate of drug-likeness (QED) is 0.436. The lowest BCUT2D eigenvalue weighted by molar-refractivity contribution is -0.193. The summed E-state index contributed by atoms with van der Waals surface area (Å²) in [6.07, 6.45) is -9.32. The van der Waals surface area contributed by atoms with Crippen LogP contribution in [0.15, 0.2) is 35.4 Å². The average Bonchev–Trinajstić information content (AvgIpc) is 3.32. The summed E-state index contributed by atoms with van der Waals surface area (Å²) in [5.41, 5.74) is 1.84. The van der Waals surface area contributed by atoms with Crippen molar-refractivity contribution in [3.8, 4) is 5.75 Å². The molecule has 0 spiro atoms. The number of aliphatic hydroxyl groups is 1. The molecule has 2 aromatic heterocycles. The van der Waals surface area contributed by atoms with Crippen LogP contribution in [0.3, 0.4) is 0 Å². The van der Waals surface area contributed by atoms with Crippen LogP contribution in [0.25, 0.3) is 11.2 Å². The number of fused-ring (bicyclic) bond motifs is 2. The van der Waals surface area contributed by atoms with Crippen molar-refractivity contribution < 1.29 is 41.2 Å². The minimum absolute atomic E-state index is 0.163. The average molecular weight is 503 g/mol. The Morgan fingerprint density at radius 3 is 2.94 bits per heavy atom. The SMILES string of the molecule is Nc1nc2c(ncn2[C@@H]2O[C@@](COP3(=O)OCc4ccccc4O3)(C(F)F)[C@@H](O)[C@H]2F)c(=O)[nH]1. The number of alkyl halides is 3. The van der Waals surface area contributed by atoms with Crippen LogP contribution in [0.5, 0.6) is 5.75 Å². The lowest BCUT2D eigenvalue weighted by Crippen LogP contribution is -2.52. The highest BCUT2D eigenvalue weighted by molar-refractivity contribution is 7.49. The molecule has 1 aromatic carbocycles. The first-order chi connectivity index (χ1) is 16.1. The van der Waals surface area contributed by atoms with Gasteiger partial charge in [0, 0.05) is 5.56 Å². The molecule has 3 aromatic rings. The second-order valence-corrected chi connectivity index (χ2v) is 9.22. The zero-order valence-electron chi connectivity index (χ0n) is 17.0. The van der Waals surface area contributed by atoms with Crippen molar-refractivity contribution in [3.05, 3.63) is 46.5 Å². The maximum Gasteiger partial charge on any atom is 0.530 e. The number of nitrogen functional groups attached to an aromatic ring is 1. The van der Waals surface area contributed by atoms with Crippen LogP contribution >= 0.6 is 7.82 Å². The largest absolute Gasteiger partial charge is 0.530 e. The molecule has 0 amide bonds. The van der Waals surface area contributed by atoms with E-state index in [1.807, 2.05) is 0 Å². The van der Waals surface area contributed by atoms with E-state index < -0.39 is 50.5 Å². The van der Waals surface area contributed by atoms with E-state index in [0.29, 0.717) is 5.56 Å². The van der Waals surface area contributed by atoms with Gasteiger partial charge in [0.15, 0.2) is 29.2 Å². The molecule has 0 aliphatic carbocycles. The number of nitrogens with zero attached hydrogens (tertiary/aromatic N) is 3. The van der Waals surface area contributed by atoms with Gasteiger partial charge in [-0.3, -0.25) is 23.4 Å². The summed E-state index contributed by atoms with van der Waals surface area (Å²) in [7, 11) is -4.40. The van der Waals surface area contributed by atoms with Crippen molar-refractivity contribution in [3.63, 3.8) is 0 Å². The predicted octanol–water partition coefficient (Wildman–Crippen LogP) is 1.67. The van der Waals surface area contributed by atoms with E-state index in [0.717, 1.165) is 10.9 Å². The molecule has 1 saturated heterocycles. The summed E-state index contributed by atoms with van der Waals surface area (Å²) in [5, 5.41) is 10.4. The number of rotatable bonds is 5. The van der Waals surface area contributed by atoms with Gasteiger partial charge in [0.2, 0.25) is 5.95 Å². The van der Waals surface area contributed by atoms with Crippen LogP contribution in [-0.4, -0.2) is 55.5 Å². The molecule has 16 heteroatoms. The van der Waals surface area contributed by atoms with Crippen LogP contribution in [-0.2, 0) is 25.0 Å². The number of H-pyrrole nitrogens is 1. The standard InChI is InChI=1S/C18H17F3N5O7P/c19-10-12(27)18(16(20)21,6-31-34(29)30-5-8-3-1-2-4-9(8)33-34)32-15(10)26-7-23-11-13(26)24-17(22)25-14(11)28/h1-4,7,10,12,15-16,27H,5-6H2,(H3,22,24,25,28)/t10-,12+,15-,18-,34?/m1/s1. The molecule has 182 valence electrons. The Balaban J connectivity index is 1.43. The van der Waals surface area contributed by atoms with Gasteiger partial charge in [0.25, 0.3) is 12.0 Å². The summed E-state index contributed by atoms with van der Waals surface area (Å²) in [4.78, 5) is 21.8. The van der Waals surface area contributed by atoms with Crippen molar-refractivity contribution in [2.45, 2.75) is 37.1 Å². The van der Waals surface area contributed by atoms with Gasteiger partial charge in [-0.25, -0.2) is 22.7 Å². The first kappa shape index (κ1) is 22.8. The van der Waals surface area contributed by atoms with E-state index in [-0.39, 0.29) is 29.5 Å². The minimum Gasteiger partial charge on any atom is -0.404 e. The van der Waals surface area contributed by atoms with Crippen molar-refractivity contribution in [2.24, 2.45) is 0 Å². The molecule has 5 atom stereocenters. The molecule has 0 radical (unpaired) electrons. The summed E-state index contributed by atoms with van der Waals surface area (Å²) >= 11 is 0. The lowest BCUT2D eigenvalue weighted by atomic mass is 9.97. The summed E-state index contributed by atoms with van der Waals surface area (Å²) in [5.74, 6) is -0.169.